The average molecular weight is 249 g/mol. The molecule has 18 heavy (non-hydrogen) atoms. The van der Waals surface area contributed by atoms with E-state index in [9.17, 15) is 0 Å². The van der Waals surface area contributed by atoms with Gasteiger partial charge in [-0.25, -0.2) is 0 Å². The number of hydrogen-bond acceptors (Lipinski definition) is 3. The van der Waals surface area contributed by atoms with Crippen molar-refractivity contribution in [2.24, 2.45) is 0 Å². The molecule has 3 heteroatoms. The summed E-state index contributed by atoms with van der Waals surface area (Å²) in [5.74, 6) is 0.922. The molecule has 3 nitrogen and oxygen atoms in total. The third-order valence-corrected chi connectivity index (χ3v) is 3.12. The van der Waals surface area contributed by atoms with Gasteiger partial charge in [-0.1, -0.05) is 25.0 Å². The van der Waals surface area contributed by atoms with Crippen molar-refractivity contribution in [2.75, 3.05) is 0 Å². The summed E-state index contributed by atoms with van der Waals surface area (Å²) in [6.07, 6.45) is 5.61. The first kappa shape index (κ1) is 13.4. The summed E-state index contributed by atoms with van der Waals surface area (Å²) in [5.41, 5.74) is 4.28. The molecule has 1 aliphatic carbocycles. The third-order valence-electron chi connectivity index (χ3n) is 3.12. The highest BCUT2D eigenvalue weighted by molar-refractivity contribution is 5.27. The van der Waals surface area contributed by atoms with Crippen LogP contribution in [0, 0.1) is 0 Å². The Labute approximate surface area is 109 Å². The van der Waals surface area contributed by atoms with Gasteiger partial charge in [-0.05, 0) is 44.4 Å². The molecule has 0 aromatic heterocycles. The number of ether oxygens (including phenoxy) is 1. The molecular weight excluding hydrogens is 226 g/mol. The summed E-state index contributed by atoms with van der Waals surface area (Å²) >= 11 is 0. The zero-order valence-electron chi connectivity index (χ0n) is 11.3. The van der Waals surface area contributed by atoms with Gasteiger partial charge in [0.25, 0.3) is 0 Å². The van der Waals surface area contributed by atoms with E-state index in [1.807, 2.05) is 26.0 Å². The lowest BCUT2D eigenvalue weighted by molar-refractivity contribution is -0.0244. The molecule has 0 radical (unpaired) electrons. The molecule has 0 unspecified atom stereocenters. The normalized spacial score (nSPS) is 16.4. The van der Waals surface area contributed by atoms with E-state index in [0.717, 1.165) is 12.3 Å². The van der Waals surface area contributed by atoms with Crippen LogP contribution in [-0.4, -0.2) is 12.2 Å². The number of benzene rings is 1. The van der Waals surface area contributed by atoms with Crippen LogP contribution in [0.1, 0.15) is 45.1 Å². The van der Waals surface area contributed by atoms with Crippen LogP contribution in [0.25, 0.3) is 0 Å². The van der Waals surface area contributed by atoms with E-state index in [2.05, 4.69) is 17.6 Å². The van der Waals surface area contributed by atoms with E-state index in [-0.39, 0.29) is 6.10 Å². The van der Waals surface area contributed by atoms with Crippen molar-refractivity contribution in [1.29, 1.82) is 0 Å². The fourth-order valence-corrected chi connectivity index (χ4v) is 2.21. The van der Waals surface area contributed by atoms with Crippen LogP contribution in [0.15, 0.2) is 24.3 Å². The van der Waals surface area contributed by atoms with Gasteiger partial charge in [0.2, 0.25) is 0 Å². The van der Waals surface area contributed by atoms with E-state index in [1.54, 1.807) is 0 Å². The summed E-state index contributed by atoms with van der Waals surface area (Å²) in [6.45, 7) is 4.81. The van der Waals surface area contributed by atoms with E-state index < -0.39 is 0 Å². The van der Waals surface area contributed by atoms with Crippen molar-refractivity contribution >= 4 is 0 Å². The van der Waals surface area contributed by atoms with Crippen molar-refractivity contribution < 1.29 is 9.57 Å². The molecule has 2 rings (SSSR count). The first-order valence-electron chi connectivity index (χ1n) is 6.88. The minimum atomic E-state index is 0.222. The van der Waals surface area contributed by atoms with Crippen LogP contribution in [0.4, 0.5) is 0 Å². The highest BCUT2D eigenvalue weighted by atomic mass is 16.7. The quantitative estimate of drug-likeness (QED) is 0.783. The van der Waals surface area contributed by atoms with Crippen LogP contribution in [-0.2, 0) is 11.4 Å². The molecule has 0 amide bonds. The van der Waals surface area contributed by atoms with Gasteiger partial charge in [0.1, 0.15) is 5.75 Å². The fourth-order valence-electron chi connectivity index (χ4n) is 2.21. The minimum Gasteiger partial charge on any atom is -0.491 e. The SMILES string of the molecule is CC(C)Oc1ccc(CNOC2CCCC2)cc1. The van der Waals surface area contributed by atoms with Gasteiger partial charge in [-0.2, -0.15) is 5.48 Å². The highest BCUT2D eigenvalue weighted by Gasteiger charge is 2.15. The van der Waals surface area contributed by atoms with Crippen LogP contribution in [0.5, 0.6) is 5.75 Å². The van der Waals surface area contributed by atoms with Crippen molar-refractivity contribution in [2.45, 2.75) is 58.3 Å². The molecule has 0 bridgehead atoms. The Morgan fingerprint density at radius 1 is 1.17 bits per heavy atom. The van der Waals surface area contributed by atoms with Crippen LogP contribution >= 0.6 is 0 Å². The molecule has 1 aromatic rings. The molecule has 1 saturated carbocycles. The summed E-state index contributed by atoms with van der Waals surface area (Å²) in [6, 6.07) is 8.16. The lowest BCUT2D eigenvalue weighted by atomic mass is 10.2. The van der Waals surface area contributed by atoms with Crippen LogP contribution < -0.4 is 10.2 Å². The maximum Gasteiger partial charge on any atom is 0.119 e. The Morgan fingerprint density at radius 2 is 1.83 bits per heavy atom. The molecule has 100 valence electrons. The van der Waals surface area contributed by atoms with Crippen LogP contribution in [0.2, 0.25) is 0 Å². The van der Waals surface area contributed by atoms with Crippen molar-refractivity contribution in [1.82, 2.24) is 5.48 Å². The van der Waals surface area contributed by atoms with Gasteiger partial charge in [-0.15, -0.1) is 0 Å². The predicted octanol–water partition coefficient (Wildman–Crippen LogP) is 3.44. The van der Waals surface area contributed by atoms with E-state index >= 15 is 0 Å². The lowest BCUT2D eigenvalue weighted by Gasteiger charge is -2.12. The predicted molar refractivity (Wildman–Crippen MR) is 72.4 cm³/mol. The second-order valence-electron chi connectivity index (χ2n) is 5.16. The van der Waals surface area contributed by atoms with Gasteiger partial charge in [0, 0.05) is 6.54 Å². The summed E-state index contributed by atoms with van der Waals surface area (Å²) in [4.78, 5) is 5.62. The first-order valence-corrected chi connectivity index (χ1v) is 6.88. The van der Waals surface area contributed by atoms with E-state index in [1.165, 1.54) is 31.2 Å². The van der Waals surface area contributed by atoms with E-state index in [0.29, 0.717) is 6.10 Å². The molecule has 1 N–H and O–H groups in total. The molecule has 0 heterocycles. The Bertz CT molecular complexity index is 342. The molecule has 1 aliphatic rings. The van der Waals surface area contributed by atoms with Gasteiger partial charge < -0.3 is 4.74 Å². The Hall–Kier alpha value is -1.06. The Balaban J connectivity index is 1.72. The summed E-state index contributed by atoms with van der Waals surface area (Å²) < 4.78 is 5.60. The number of hydrogen-bond donors (Lipinski definition) is 1. The molecule has 0 spiro atoms. The smallest absolute Gasteiger partial charge is 0.119 e. The third kappa shape index (κ3) is 4.31. The molecule has 0 atom stereocenters. The second-order valence-corrected chi connectivity index (χ2v) is 5.16. The molecule has 0 saturated heterocycles. The number of nitrogens with one attached hydrogen (secondary N) is 1. The second kappa shape index (κ2) is 6.76. The monoisotopic (exact) mass is 249 g/mol. The average Bonchev–Trinajstić information content (AvgIpc) is 2.84. The number of hydroxylamine groups is 1. The first-order chi connectivity index (χ1) is 8.74. The Morgan fingerprint density at radius 3 is 2.44 bits per heavy atom. The molecule has 1 fully saturated rings. The van der Waals surface area contributed by atoms with Crippen molar-refractivity contribution in [3.63, 3.8) is 0 Å². The zero-order valence-corrected chi connectivity index (χ0v) is 11.3. The molecular formula is C15H23NO2. The molecule has 0 aliphatic heterocycles. The topological polar surface area (TPSA) is 30.5 Å². The zero-order chi connectivity index (χ0) is 12.8. The van der Waals surface area contributed by atoms with Gasteiger partial charge >= 0.3 is 0 Å². The van der Waals surface area contributed by atoms with Gasteiger partial charge in [0.05, 0.1) is 12.2 Å². The Kier molecular flexibility index (Phi) is 5.02. The summed E-state index contributed by atoms with van der Waals surface area (Å²) in [7, 11) is 0. The maximum atomic E-state index is 5.62. The fraction of sp³-hybridized carbons (Fsp3) is 0.600. The maximum absolute atomic E-state index is 5.62. The van der Waals surface area contributed by atoms with Crippen molar-refractivity contribution in [3.8, 4) is 5.75 Å². The van der Waals surface area contributed by atoms with Crippen LogP contribution in [0.3, 0.4) is 0 Å². The summed E-state index contributed by atoms with van der Waals surface area (Å²) in [5, 5.41) is 0. The number of rotatable bonds is 6. The van der Waals surface area contributed by atoms with Gasteiger partial charge in [-0.3, -0.25) is 4.84 Å². The lowest BCUT2D eigenvalue weighted by Crippen LogP contribution is -2.21. The van der Waals surface area contributed by atoms with Gasteiger partial charge in [0.15, 0.2) is 0 Å². The van der Waals surface area contributed by atoms with Crippen molar-refractivity contribution in [3.05, 3.63) is 29.8 Å². The standard InChI is InChI=1S/C15H23NO2/c1-12(2)17-14-9-7-13(8-10-14)11-16-18-15-5-3-4-6-15/h7-10,12,15-16H,3-6,11H2,1-2H3. The molecule has 1 aromatic carbocycles. The van der Waals surface area contributed by atoms with E-state index in [4.69, 9.17) is 9.57 Å². The largest absolute Gasteiger partial charge is 0.491 e. The minimum absolute atomic E-state index is 0.222. The highest BCUT2D eigenvalue weighted by Crippen LogP contribution is 2.20.